The van der Waals surface area contributed by atoms with Crippen LogP contribution < -0.4 is 0 Å². The summed E-state index contributed by atoms with van der Waals surface area (Å²) in [5, 5.41) is 8.90. The lowest BCUT2D eigenvalue weighted by Crippen LogP contribution is -2.17. The Morgan fingerprint density at radius 1 is 1.47 bits per heavy atom. The van der Waals surface area contributed by atoms with Gasteiger partial charge in [0.15, 0.2) is 5.78 Å². The number of thiophene rings is 1. The molecule has 1 atom stereocenters. The van der Waals surface area contributed by atoms with Crippen LogP contribution in [0.25, 0.3) is 0 Å². The molecule has 4 heteroatoms. The van der Waals surface area contributed by atoms with Gasteiger partial charge in [0.2, 0.25) is 0 Å². The third-order valence-corrected chi connectivity index (χ3v) is 3.88. The van der Waals surface area contributed by atoms with E-state index in [0.29, 0.717) is 12.3 Å². The highest BCUT2D eigenvalue weighted by Crippen LogP contribution is 2.33. The number of aromatic amines is 1. The Hall–Kier alpha value is -1.42. The minimum absolute atomic E-state index is 0.211. The summed E-state index contributed by atoms with van der Waals surface area (Å²) in [6, 6.07) is 4.14. The Kier molecular flexibility index (Phi) is 1.95. The lowest BCUT2D eigenvalue weighted by Gasteiger charge is -2.19. The van der Waals surface area contributed by atoms with Crippen LogP contribution in [0.1, 0.15) is 33.3 Å². The summed E-state index contributed by atoms with van der Waals surface area (Å²) in [7, 11) is 0. The molecule has 0 aliphatic heterocycles. The van der Waals surface area contributed by atoms with Crippen molar-refractivity contribution in [3.63, 3.8) is 0 Å². The first-order chi connectivity index (χ1) is 7.34. The predicted molar refractivity (Wildman–Crippen MR) is 58.3 cm³/mol. The van der Waals surface area contributed by atoms with Crippen LogP contribution in [0.4, 0.5) is 0 Å². The fraction of sp³-hybridized carbons (Fsp3) is 0.273. The molecule has 15 heavy (non-hydrogen) atoms. The van der Waals surface area contributed by atoms with Gasteiger partial charge in [0.1, 0.15) is 0 Å². The van der Waals surface area contributed by atoms with E-state index in [1.54, 1.807) is 17.5 Å². The first-order valence-electron chi connectivity index (χ1n) is 4.93. The number of nitrogens with one attached hydrogen (secondary N) is 1. The molecule has 1 N–H and O–H groups in total. The number of carbonyl (C=O) groups excluding carboxylic acids is 1. The van der Waals surface area contributed by atoms with Gasteiger partial charge in [-0.25, -0.2) is 0 Å². The molecule has 2 aromatic heterocycles. The zero-order valence-electron chi connectivity index (χ0n) is 8.06. The van der Waals surface area contributed by atoms with Gasteiger partial charge in [-0.2, -0.15) is 5.10 Å². The Balaban J connectivity index is 1.96. The molecular weight excluding hydrogens is 208 g/mol. The molecule has 1 unspecified atom stereocenters. The number of aromatic nitrogens is 2. The molecule has 3 nitrogen and oxygen atoms in total. The summed E-state index contributed by atoms with van der Waals surface area (Å²) in [6.07, 6.45) is 3.16. The second kappa shape index (κ2) is 3.31. The van der Waals surface area contributed by atoms with Gasteiger partial charge in [-0.1, -0.05) is 6.07 Å². The van der Waals surface area contributed by atoms with Crippen molar-refractivity contribution in [1.82, 2.24) is 10.2 Å². The van der Waals surface area contributed by atoms with Gasteiger partial charge in [0.25, 0.3) is 0 Å². The highest BCUT2D eigenvalue weighted by Gasteiger charge is 2.27. The van der Waals surface area contributed by atoms with Crippen molar-refractivity contribution >= 4 is 17.1 Å². The van der Waals surface area contributed by atoms with Crippen LogP contribution in [0, 0.1) is 0 Å². The Morgan fingerprint density at radius 3 is 3.20 bits per heavy atom. The highest BCUT2D eigenvalue weighted by atomic mass is 32.1. The molecule has 2 aromatic rings. The van der Waals surface area contributed by atoms with Crippen molar-refractivity contribution < 1.29 is 4.79 Å². The highest BCUT2D eigenvalue weighted by molar-refractivity contribution is 7.10. The van der Waals surface area contributed by atoms with Crippen molar-refractivity contribution in [2.24, 2.45) is 0 Å². The van der Waals surface area contributed by atoms with Crippen LogP contribution in [-0.4, -0.2) is 16.0 Å². The van der Waals surface area contributed by atoms with E-state index in [1.807, 2.05) is 6.07 Å². The van der Waals surface area contributed by atoms with Gasteiger partial charge >= 0.3 is 0 Å². The maximum atomic E-state index is 11.8. The molecule has 0 saturated heterocycles. The van der Waals surface area contributed by atoms with Gasteiger partial charge < -0.3 is 0 Å². The lowest BCUT2D eigenvalue weighted by atomic mass is 9.86. The first-order valence-corrected chi connectivity index (χ1v) is 5.81. The van der Waals surface area contributed by atoms with Crippen molar-refractivity contribution in [2.75, 3.05) is 0 Å². The van der Waals surface area contributed by atoms with Gasteiger partial charge in [-0.15, -0.1) is 11.3 Å². The summed E-state index contributed by atoms with van der Waals surface area (Å²) >= 11 is 1.72. The van der Waals surface area contributed by atoms with Gasteiger partial charge in [0.05, 0.1) is 11.8 Å². The molecule has 1 aliphatic carbocycles. The van der Waals surface area contributed by atoms with Crippen LogP contribution >= 0.6 is 11.3 Å². The number of ketones is 1. The smallest absolute Gasteiger partial charge is 0.166 e. The minimum atomic E-state index is 0.211. The molecule has 3 rings (SSSR count). The van der Waals surface area contributed by atoms with Crippen molar-refractivity contribution in [3.05, 3.63) is 39.8 Å². The molecular formula is C11H10N2OS. The maximum absolute atomic E-state index is 11.8. The second-order valence-electron chi connectivity index (χ2n) is 3.81. The molecule has 0 saturated carbocycles. The van der Waals surface area contributed by atoms with E-state index < -0.39 is 0 Å². The summed E-state index contributed by atoms with van der Waals surface area (Å²) in [6.45, 7) is 0. The normalized spacial score (nSPS) is 20.3. The molecule has 0 spiro atoms. The quantitative estimate of drug-likeness (QED) is 0.798. The SMILES string of the molecule is O=C1CC(c2cccs2)Cc2[nH]ncc21. The third kappa shape index (κ3) is 1.41. The Bertz CT molecular complexity index is 486. The zero-order valence-corrected chi connectivity index (χ0v) is 8.88. The number of rotatable bonds is 1. The van der Waals surface area contributed by atoms with E-state index in [2.05, 4.69) is 21.6 Å². The number of H-pyrrole nitrogens is 1. The number of fused-ring (bicyclic) bond motifs is 1. The standard InChI is InChI=1S/C11H10N2OS/c14-10-5-7(11-2-1-3-15-11)4-9-8(10)6-12-13-9/h1-3,6-7H,4-5H2,(H,12,13). The number of nitrogens with zero attached hydrogens (tertiary/aromatic N) is 1. The van der Waals surface area contributed by atoms with E-state index in [9.17, 15) is 4.79 Å². The van der Waals surface area contributed by atoms with E-state index in [0.717, 1.165) is 17.7 Å². The largest absolute Gasteiger partial charge is 0.294 e. The van der Waals surface area contributed by atoms with Crippen molar-refractivity contribution in [3.8, 4) is 0 Å². The molecule has 0 amide bonds. The van der Waals surface area contributed by atoms with Crippen molar-refractivity contribution in [1.29, 1.82) is 0 Å². The van der Waals surface area contributed by atoms with E-state index in [1.165, 1.54) is 4.88 Å². The number of Topliss-reactive ketones (excluding diaryl/α,β-unsaturated/α-hetero) is 1. The number of carbonyl (C=O) groups is 1. The monoisotopic (exact) mass is 218 g/mol. The van der Waals surface area contributed by atoms with Crippen molar-refractivity contribution in [2.45, 2.75) is 18.8 Å². The Morgan fingerprint density at radius 2 is 2.40 bits per heavy atom. The minimum Gasteiger partial charge on any atom is -0.294 e. The molecule has 76 valence electrons. The summed E-state index contributed by atoms with van der Waals surface area (Å²) < 4.78 is 0. The van der Waals surface area contributed by atoms with Crippen LogP contribution in [0.2, 0.25) is 0 Å². The van der Waals surface area contributed by atoms with Gasteiger partial charge in [-0.05, 0) is 17.9 Å². The molecule has 0 bridgehead atoms. The van der Waals surface area contributed by atoms with Crippen LogP contribution in [0.3, 0.4) is 0 Å². The fourth-order valence-corrected chi connectivity index (χ4v) is 2.92. The maximum Gasteiger partial charge on any atom is 0.166 e. The van der Waals surface area contributed by atoms with E-state index in [-0.39, 0.29) is 5.78 Å². The third-order valence-electron chi connectivity index (χ3n) is 2.85. The Labute approximate surface area is 91.1 Å². The first kappa shape index (κ1) is 8.85. The van der Waals surface area contributed by atoms with E-state index in [4.69, 9.17) is 0 Å². The summed E-state index contributed by atoms with van der Waals surface area (Å²) in [5.74, 6) is 0.550. The molecule has 0 aromatic carbocycles. The lowest BCUT2D eigenvalue weighted by molar-refractivity contribution is 0.0964. The predicted octanol–water partition coefficient (Wildman–Crippen LogP) is 2.38. The number of hydrogen-bond donors (Lipinski definition) is 1. The fourth-order valence-electron chi connectivity index (χ4n) is 2.09. The van der Waals surface area contributed by atoms with Crippen LogP contribution in [-0.2, 0) is 6.42 Å². The average molecular weight is 218 g/mol. The van der Waals surface area contributed by atoms with E-state index >= 15 is 0 Å². The number of hydrogen-bond acceptors (Lipinski definition) is 3. The molecule has 2 heterocycles. The van der Waals surface area contributed by atoms with Crippen LogP contribution in [0.15, 0.2) is 23.7 Å². The molecule has 0 fully saturated rings. The van der Waals surface area contributed by atoms with Crippen LogP contribution in [0.5, 0.6) is 0 Å². The average Bonchev–Trinajstić information content (AvgIpc) is 2.88. The molecule has 0 radical (unpaired) electrons. The molecule has 1 aliphatic rings. The van der Waals surface area contributed by atoms with Gasteiger partial charge in [-0.3, -0.25) is 9.89 Å². The summed E-state index contributed by atoms with van der Waals surface area (Å²) in [4.78, 5) is 13.1. The zero-order chi connectivity index (χ0) is 10.3. The topological polar surface area (TPSA) is 45.8 Å². The van der Waals surface area contributed by atoms with Gasteiger partial charge in [0, 0.05) is 22.9 Å². The summed E-state index contributed by atoms with van der Waals surface area (Å²) in [5.41, 5.74) is 1.77. The second-order valence-corrected chi connectivity index (χ2v) is 4.79.